The Balaban J connectivity index is 1.42. The van der Waals surface area contributed by atoms with E-state index in [-0.39, 0.29) is 48.4 Å². The summed E-state index contributed by atoms with van der Waals surface area (Å²) in [4.78, 5) is 24.9. The molecule has 9 nitrogen and oxygen atoms in total. The van der Waals surface area contributed by atoms with Crippen molar-refractivity contribution >= 4 is 21.6 Å². The lowest BCUT2D eigenvalue weighted by Crippen LogP contribution is -2.50. The fraction of sp³-hybridized carbons (Fsp3) is 0.190. The number of rotatable bonds is 5. The van der Waals surface area contributed by atoms with Crippen LogP contribution in [0, 0.1) is 10.1 Å². The van der Waals surface area contributed by atoms with Gasteiger partial charge in [-0.2, -0.15) is 4.31 Å². The van der Waals surface area contributed by atoms with Crippen LogP contribution in [-0.2, 0) is 10.0 Å². The summed E-state index contributed by atoms with van der Waals surface area (Å²) in [5, 5.41) is 10.8. The molecule has 1 aliphatic rings. The first kappa shape index (κ1) is 20.8. The molecule has 1 aromatic heterocycles. The molecule has 3 aromatic rings. The Kier molecular flexibility index (Phi) is 5.57. The summed E-state index contributed by atoms with van der Waals surface area (Å²) in [6, 6.07) is 17.2. The lowest BCUT2D eigenvalue weighted by atomic mass is 10.1. The third-order valence-electron chi connectivity index (χ3n) is 5.09. The van der Waals surface area contributed by atoms with Crippen molar-refractivity contribution in [2.45, 2.75) is 4.90 Å². The Morgan fingerprint density at radius 2 is 1.55 bits per heavy atom. The number of hydrogen-bond donors (Lipinski definition) is 0. The minimum atomic E-state index is -3.59. The molecule has 0 N–H and O–H groups in total. The van der Waals surface area contributed by atoms with Crippen LogP contribution in [0.2, 0.25) is 0 Å². The van der Waals surface area contributed by atoms with Gasteiger partial charge in [0.15, 0.2) is 5.76 Å². The highest BCUT2D eigenvalue weighted by atomic mass is 32.2. The van der Waals surface area contributed by atoms with E-state index < -0.39 is 14.9 Å². The van der Waals surface area contributed by atoms with Crippen LogP contribution < -0.4 is 0 Å². The summed E-state index contributed by atoms with van der Waals surface area (Å²) in [7, 11) is -3.59. The highest BCUT2D eigenvalue weighted by Gasteiger charge is 2.31. The van der Waals surface area contributed by atoms with Crippen LogP contribution in [0.5, 0.6) is 0 Å². The second-order valence-electron chi connectivity index (χ2n) is 6.98. The van der Waals surface area contributed by atoms with E-state index in [4.69, 9.17) is 4.42 Å². The Bertz CT molecular complexity index is 1200. The average Bonchev–Trinajstić information content (AvgIpc) is 3.29. The first-order chi connectivity index (χ1) is 14.9. The molecular weight excluding hydrogens is 422 g/mol. The molecule has 31 heavy (non-hydrogen) atoms. The fourth-order valence-electron chi connectivity index (χ4n) is 3.38. The number of piperazine rings is 1. The summed E-state index contributed by atoms with van der Waals surface area (Å²) in [6.07, 6.45) is 0. The number of nitro benzene ring substituents is 1. The number of hydrogen-bond acceptors (Lipinski definition) is 6. The molecule has 10 heteroatoms. The highest BCUT2D eigenvalue weighted by Crippen LogP contribution is 2.25. The predicted molar refractivity (Wildman–Crippen MR) is 112 cm³/mol. The van der Waals surface area contributed by atoms with Gasteiger partial charge in [0.25, 0.3) is 11.6 Å². The molecule has 1 amide bonds. The van der Waals surface area contributed by atoms with Gasteiger partial charge in [0, 0.05) is 43.9 Å². The van der Waals surface area contributed by atoms with Crippen LogP contribution in [0.15, 0.2) is 76.0 Å². The monoisotopic (exact) mass is 441 g/mol. The lowest BCUT2D eigenvalue weighted by molar-refractivity contribution is -0.384. The SMILES string of the molecule is O=C(c1ccc(-c2ccc([N+](=O)[O-])cc2)o1)N1CCN(S(=O)(=O)c2ccccc2)CC1. The topological polar surface area (TPSA) is 114 Å². The summed E-state index contributed by atoms with van der Waals surface area (Å²) < 4.78 is 32.5. The fourth-order valence-corrected chi connectivity index (χ4v) is 4.83. The van der Waals surface area contributed by atoms with E-state index in [1.165, 1.54) is 16.4 Å². The summed E-state index contributed by atoms with van der Waals surface area (Å²) >= 11 is 0. The van der Waals surface area contributed by atoms with E-state index in [0.29, 0.717) is 11.3 Å². The zero-order valence-electron chi connectivity index (χ0n) is 16.4. The molecule has 0 saturated carbocycles. The molecule has 160 valence electrons. The van der Waals surface area contributed by atoms with Crippen molar-refractivity contribution in [3.8, 4) is 11.3 Å². The van der Waals surface area contributed by atoms with E-state index in [1.807, 2.05) is 0 Å². The van der Waals surface area contributed by atoms with Crippen LogP contribution in [-0.4, -0.2) is 54.6 Å². The van der Waals surface area contributed by atoms with Crippen molar-refractivity contribution in [1.29, 1.82) is 0 Å². The van der Waals surface area contributed by atoms with Gasteiger partial charge < -0.3 is 9.32 Å². The van der Waals surface area contributed by atoms with Crippen molar-refractivity contribution in [1.82, 2.24) is 9.21 Å². The Morgan fingerprint density at radius 1 is 0.903 bits per heavy atom. The Hall–Kier alpha value is -3.50. The molecule has 1 saturated heterocycles. The van der Waals surface area contributed by atoms with Gasteiger partial charge >= 0.3 is 0 Å². The predicted octanol–water partition coefficient (Wildman–Crippen LogP) is 3.00. The normalized spacial score (nSPS) is 15.0. The summed E-state index contributed by atoms with van der Waals surface area (Å²) in [5.74, 6) is 0.223. The van der Waals surface area contributed by atoms with Gasteiger partial charge in [-0.1, -0.05) is 18.2 Å². The number of benzene rings is 2. The van der Waals surface area contributed by atoms with Crippen molar-refractivity contribution in [3.63, 3.8) is 0 Å². The smallest absolute Gasteiger partial charge is 0.289 e. The van der Waals surface area contributed by atoms with Crippen LogP contribution in [0.25, 0.3) is 11.3 Å². The van der Waals surface area contributed by atoms with Crippen LogP contribution in [0.4, 0.5) is 5.69 Å². The number of nitro groups is 1. The molecular formula is C21H19N3O6S. The average molecular weight is 441 g/mol. The van der Waals surface area contributed by atoms with E-state index in [1.54, 1.807) is 59.5 Å². The molecule has 4 rings (SSSR count). The number of carbonyl (C=O) groups excluding carboxylic acids is 1. The van der Waals surface area contributed by atoms with Gasteiger partial charge in [-0.3, -0.25) is 14.9 Å². The quantitative estimate of drug-likeness (QED) is 0.444. The Morgan fingerprint density at radius 3 is 2.16 bits per heavy atom. The van der Waals surface area contributed by atoms with E-state index in [0.717, 1.165) is 0 Å². The van der Waals surface area contributed by atoms with Gasteiger partial charge in [0.05, 0.1) is 9.82 Å². The highest BCUT2D eigenvalue weighted by molar-refractivity contribution is 7.89. The molecule has 0 atom stereocenters. The van der Waals surface area contributed by atoms with Crippen molar-refractivity contribution < 1.29 is 22.6 Å². The molecule has 0 bridgehead atoms. The molecule has 1 aliphatic heterocycles. The third-order valence-corrected chi connectivity index (χ3v) is 7.00. The zero-order chi connectivity index (χ0) is 22.0. The first-order valence-electron chi connectivity index (χ1n) is 9.55. The standard InChI is InChI=1S/C21H19N3O6S/c25-21(20-11-10-19(30-20)16-6-8-17(9-7-16)24(26)27)22-12-14-23(15-13-22)31(28,29)18-4-2-1-3-5-18/h1-11H,12-15H2. The van der Waals surface area contributed by atoms with Gasteiger partial charge in [0.2, 0.25) is 10.0 Å². The van der Waals surface area contributed by atoms with E-state index in [9.17, 15) is 23.3 Å². The molecule has 2 heterocycles. The molecule has 1 fully saturated rings. The van der Waals surface area contributed by atoms with E-state index >= 15 is 0 Å². The van der Waals surface area contributed by atoms with E-state index in [2.05, 4.69) is 0 Å². The van der Waals surface area contributed by atoms with Gasteiger partial charge in [-0.15, -0.1) is 0 Å². The zero-order valence-corrected chi connectivity index (χ0v) is 17.2. The summed E-state index contributed by atoms with van der Waals surface area (Å²) in [5.41, 5.74) is 0.582. The molecule has 0 aliphatic carbocycles. The summed E-state index contributed by atoms with van der Waals surface area (Å²) in [6.45, 7) is 0.884. The van der Waals surface area contributed by atoms with Crippen molar-refractivity contribution in [2.75, 3.05) is 26.2 Å². The number of sulfonamides is 1. The third kappa shape index (κ3) is 4.21. The van der Waals surface area contributed by atoms with Gasteiger partial charge in [-0.05, 0) is 36.4 Å². The number of carbonyl (C=O) groups is 1. The van der Waals surface area contributed by atoms with Gasteiger partial charge in [0.1, 0.15) is 5.76 Å². The minimum absolute atomic E-state index is 0.0325. The molecule has 0 unspecified atom stereocenters. The number of amides is 1. The number of nitrogens with zero attached hydrogens (tertiary/aromatic N) is 3. The van der Waals surface area contributed by atoms with Crippen LogP contribution >= 0.6 is 0 Å². The van der Waals surface area contributed by atoms with Crippen molar-refractivity contribution in [2.24, 2.45) is 0 Å². The lowest BCUT2D eigenvalue weighted by Gasteiger charge is -2.33. The maximum absolute atomic E-state index is 12.8. The van der Waals surface area contributed by atoms with Crippen LogP contribution in [0.3, 0.4) is 0 Å². The maximum atomic E-state index is 12.8. The minimum Gasteiger partial charge on any atom is -0.451 e. The maximum Gasteiger partial charge on any atom is 0.289 e. The van der Waals surface area contributed by atoms with Crippen LogP contribution in [0.1, 0.15) is 10.6 Å². The molecule has 2 aromatic carbocycles. The first-order valence-corrected chi connectivity index (χ1v) is 11.0. The second-order valence-corrected chi connectivity index (χ2v) is 8.92. The number of non-ortho nitro benzene ring substituents is 1. The van der Waals surface area contributed by atoms with Gasteiger partial charge in [-0.25, -0.2) is 8.42 Å². The Labute approximate surface area is 178 Å². The second kappa shape index (κ2) is 8.32. The largest absolute Gasteiger partial charge is 0.451 e. The van der Waals surface area contributed by atoms with Crippen molar-refractivity contribution in [3.05, 3.63) is 82.6 Å². The number of furan rings is 1. The molecule has 0 spiro atoms. The molecule has 0 radical (unpaired) electrons.